The van der Waals surface area contributed by atoms with Crippen LogP contribution in [-0.2, 0) is 4.79 Å². The highest BCUT2D eigenvalue weighted by molar-refractivity contribution is 5.78. The Bertz CT molecular complexity index is 884. The van der Waals surface area contributed by atoms with Crippen molar-refractivity contribution in [3.8, 4) is 11.5 Å². The van der Waals surface area contributed by atoms with Crippen LogP contribution in [0.25, 0.3) is 0 Å². The summed E-state index contributed by atoms with van der Waals surface area (Å²) < 4.78 is 11.6. The number of amides is 1. The highest BCUT2D eigenvalue weighted by atomic mass is 16.5. The molecule has 0 unspecified atom stereocenters. The number of nitrogens with zero attached hydrogens (tertiary/aromatic N) is 3. The summed E-state index contributed by atoms with van der Waals surface area (Å²) in [5.41, 5.74) is 1.05. The Morgan fingerprint density at radius 1 is 1.16 bits per heavy atom. The molecule has 8 nitrogen and oxygen atoms in total. The van der Waals surface area contributed by atoms with Gasteiger partial charge in [0.25, 0.3) is 0 Å². The smallest absolute Gasteiger partial charge is 0.234 e. The number of nitrogens with one attached hydrogen (secondary N) is 2. The second kappa shape index (κ2) is 10.6. The average molecular weight is 440 g/mol. The van der Waals surface area contributed by atoms with Crippen LogP contribution in [0.4, 0.5) is 5.82 Å². The molecule has 2 aliphatic heterocycles. The first-order chi connectivity index (χ1) is 15.6. The van der Waals surface area contributed by atoms with Crippen LogP contribution in [0.15, 0.2) is 36.5 Å². The second-order valence-electron chi connectivity index (χ2n) is 8.85. The summed E-state index contributed by atoms with van der Waals surface area (Å²) in [6.45, 7) is 7.72. The van der Waals surface area contributed by atoms with E-state index >= 15 is 0 Å². The normalized spacial score (nSPS) is 18.1. The molecule has 1 saturated heterocycles. The fourth-order valence-electron chi connectivity index (χ4n) is 4.25. The lowest BCUT2D eigenvalue weighted by Gasteiger charge is -2.32. The Morgan fingerprint density at radius 3 is 2.66 bits per heavy atom. The maximum Gasteiger partial charge on any atom is 0.234 e. The van der Waals surface area contributed by atoms with Crippen molar-refractivity contribution in [3.05, 3.63) is 42.1 Å². The first-order valence-electron chi connectivity index (χ1n) is 11.5. The Labute approximate surface area is 189 Å². The van der Waals surface area contributed by atoms with Gasteiger partial charge in [0, 0.05) is 31.7 Å². The lowest BCUT2D eigenvalue weighted by atomic mass is 9.95. The van der Waals surface area contributed by atoms with Crippen LogP contribution in [0.3, 0.4) is 0 Å². The van der Waals surface area contributed by atoms with E-state index in [1.807, 2.05) is 30.3 Å². The monoisotopic (exact) mass is 439 g/mol. The molecule has 1 atom stereocenters. The average Bonchev–Trinajstić information content (AvgIpc) is 3.04. The Kier molecular flexibility index (Phi) is 7.42. The zero-order valence-corrected chi connectivity index (χ0v) is 18.9. The highest BCUT2D eigenvalue weighted by Gasteiger charge is 2.24. The number of carbonyl (C=O) groups is 1. The summed E-state index contributed by atoms with van der Waals surface area (Å²) in [5.74, 6) is 2.65. The number of ether oxygens (including phenoxy) is 2. The zero-order chi connectivity index (χ0) is 22.3. The maximum atomic E-state index is 12.9. The Morgan fingerprint density at radius 2 is 1.94 bits per heavy atom. The molecule has 172 valence electrons. The van der Waals surface area contributed by atoms with Gasteiger partial charge in [-0.05, 0) is 48.6 Å². The number of carbonyl (C=O) groups excluding carboxylic acids is 1. The summed E-state index contributed by atoms with van der Waals surface area (Å²) in [5, 5.41) is 14.7. The summed E-state index contributed by atoms with van der Waals surface area (Å²) in [6, 6.07) is 10.1. The fraction of sp³-hybridized carbons (Fsp3) is 0.542. The van der Waals surface area contributed by atoms with Crippen LogP contribution in [0.2, 0.25) is 0 Å². The van der Waals surface area contributed by atoms with E-state index < -0.39 is 0 Å². The van der Waals surface area contributed by atoms with Crippen LogP contribution in [0, 0.1) is 5.92 Å². The van der Waals surface area contributed by atoms with E-state index in [0.717, 1.165) is 55.2 Å². The first kappa shape index (κ1) is 22.3. The molecule has 4 rings (SSSR count). The van der Waals surface area contributed by atoms with Crippen molar-refractivity contribution < 1.29 is 14.3 Å². The third kappa shape index (κ3) is 5.88. The van der Waals surface area contributed by atoms with Gasteiger partial charge in [0.2, 0.25) is 5.91 Å². The van der Waals surface area contributed by atoms with E-state index in [1.54, 1.807) is 6.20 Å². The summed E-state index contributed by atoms with van der Waals surface area (Å²) >= 11 is 0. The number of hydrogen-bond acceptors (Lipinski definition) is 7. The molecule has 2 aromatic rings. The van der Waals surface area contributed by atoms with E-state index in [1.165, 1.54) is 0 Å². The number of aromatic nitrogens is 2. The van der Waals surface area contributed by atoms with Gasteiger partial charge >= 0.3 is 0 Å². The lowest BCUT2D eigenvalue weighted by Crippen LogP contribution is -2.45. The molecular weight excluding hydrogens is 406 g/mol. The number of hydrogen-bond donors (Lipinski definition) is 2. The molecule has 2 N–H and O–H groups in total. The SMILES string of the molecule is CC(C)[C@H](NC(=O)CN1CCC(Nc2cccnn2)CC1)c1ccc2c(c1)OCCCO2. The zero-order valence-electron chi connectivity index (χ0n) is 18.9. The number of anilines is 1. The minimum Gasteiger partial charge on any atom is -0.490 e. The number of fused-ring (bicyclic) bond motifs is 1. The third-order valence-corrected chi connectivity index (χ3v) is 5.99. The van der Waals surface area contributed by atoms with E-state index in [-0.39, 0.29) is 17.9 Å². The van der Waals surface area contributed by atoms with E-state index in [0.29, 0.717) is 25.8 Å². The van der Waals surface area contributed by atoms with Gasteiger partial charge in [0.05, 0.1) is 25.8 Å². The van der Waals surface area contributed by atoms with Gasteiger partial charge in [-0.25, -0.2) is 0 Å². The predicted molar refractivity (Wildman–Crippen MR) is 123 cm³/mol. The number of likely N-dealkylation sites (tertiary alicyclic amines) is 1. The molecule has 8 heteroatoms. The number of benzene rings is 1. The van der Waals surface area contributed by atoms with Gasteiger partial charge in [-0.1, -0.05) is 19.9 Å². The summed E-state index contributed by atoms with van der Waals surface area (Å²) in [4.78, 5) is 15.1. The molecule has 1 aromatic carbocycles. The van der Waals surface area contributed by atoms with Crippen molar-refractivity contribution in [2.75, 3.05) is 38.2 Å². The molecule has 0 aliphatic carbocycles. The van der Waals surface area contributed by atoms with Crippen molar-refractivity contribution in [2.24, 2.45) is 5.92 Å². The Hall–Kier alpha value is -2.87. The van der Waals surface area contributed by atoms with Crippen LogP contribution in [0.5, 0.6) is 11.5 Å². The largest absolute Gasteiger partial charge is 0.490 e. The van der Waals surface area contributed by atoms with Crippen molar-refractivity contribution in [1.29, 1.82) is 0 Å². The molecule has 2 aliphatic rings. The van der Waals surface area contributed by atoms with Crippen LogP contribution in [0.1, 0.15) is 44.7 Å². The van der Waals surface area contributed by atoms with Gasteiger partial charge < -0.3 is 20.1 Å². The standard InChI is InChI=1S/C24H33N5O3/c1-17(2)24(18-6-7-20-21(15-18)32-14-4-13-31-20)27-23(30)16-29-11-8-19(9-12-29)26-22-5-3-10-25-28-22/h3,5-7,10,15,17,19,24H,4,8-9,11-14,16H2,1-2H3,(H,26,28)(H,27,30)/t24-/m0/s1. The number of rotatable bonds is 7. The molecule has 1 fully saturated rings. The quantitative estimate of drug-likeness (QED) is 0.685. The van der Waals surface area contributed by atoms with Gasteiger partial charge in [-0.3, -0.25) is 9.69 Å². The lowest BCUT2D eigenvalue weighted by molar-refractivity contribution is -0.123. The van der Waals surface area contributed by atoms with Crippen LogP contribution >= 0.6 is 0 Å². The molecule has 32 heavy (non-hydrogen) atoms. The van der Waals surface area contributed by atoms with Gasteiger partial charge in [0.1, 0.15) is 5.82 Å². The molecule has 0 spiro atoms. The van der Waals surface area contributed by atoms with Gasteiger partial charge in [-0.15, -0.1) is 5.10 Å². The minimum atomic E-state index is -0.0736. The molecule has 1 amide bonds. The molecule has 1 aromatic heterocycles. The molecular formula is C24H33N5O3. The number of piperidine rings is 1. The minimum absolute atomic E-state index is 0.0520. The van der Waals surface area contributed by atoms with E-state index in [4.69, 9.17) is 9.47 Å². The van der Waals surface area contributed by atoms with Crippen LogP contribution < -0.4 is 20.1 Å². The fourth-order valence-corrected chi connectivity index (χ4v) is 4.25. The molecule has 0 radical (unpaired) electrons. The highest BCUT2D eigenvalue weighted by Crippen LogP contribution is 2.34. The van der Waals surface area contributed by atoms with Gasteiger partial charge in [0.15, 0.2) is 11.5 Å². The maximum absolute atomic E-state index is 12.9. The molecule has 0 bridgehead atoms. The van der Waals surface area contributed by atoms with Crippen molar-refractivity contribution in [1.82, 2.24) is 20.4 Å². The second-order valence-corrected chi connectivity index (χ2v) is 8.85. The topological polar surface area (TPSA) is 88.6 Å². The van der Waals surface area contributed by atoms with Gasteiger partial charge in [-0.2, -0.15) is 5.10 Å². The summed E-state index contributed by atoms with van der Waals surface area (Å²) in [6.07, 6.45) is 4.49. The van der Waals surface area contributed by atoms with Crippen LogP contribution in [-0.4, -0.2) is 59.9 Å². The van der Waals surface area contributed by atoms with E-state index in [2.05, 4.69) is 39.6 Å². The first-order valence-corrected chi connectivity index (χ1v) is 11.5. The van der Waals surface area contributed by atoms with E-state index in [9.17, 15) is 4.79 Å². The Balaban J connectivity index is 1.30. The predicted octanol–water partition coefficient (Wildman–Crippen LogP) is 3.03. The van der Waals surface area contributed by atoms with Crippen molar-refractivity contribution >= 4 is 11.7 Å². The molecule has 0 saturated carbocycles. The third-order valence-electron chi connectivity index (χ3n) is 5.99. The molecule has 3 heterocycles. The summed E-state index contributed by atoms with van der Waals surface area (Å²) in [7, 11) is 0. The van der Waals surface area contributed by atoms with Crippen molar-refractivity contribution in [3.63, 3.8) is 0 Å². The van der Waals surface area contributed by atoms with Crippen molar-refractivity contribution in [2.45, 2.75) is 45.2 Å².